The van der Waals surface area contributed by atoms with Crippen LogP contribution in [0.3, 0.4) is 0 Å². The molecule has 4 rings (SSSR count). The summed E-state index contributed by atoms with van der Waals surface area (Å²) in [6, 6.07) is 4.92. The molecule has 0 spiro atoms. The summed E-state index contributed by atoms with van der Waals surface area (Å²) in [7, 11) is 0. The standard InChI is InChI=1S/C19H28N2O2S/c1-3-14-11-21(12-17(14)20-6-8-23-9-7-20)19(22)16-10-15(16)18-5-4-13(2)24-18/h4-5,14-17H,3,6-12H2,1-2H3/t14-,15+,16-,17+/m1/s1. The van der Waals surface area contributed by atoms with Crippen LogP contribution in [0.25, 0.3) is 0 Å². The van der Waals surface area contributed by atoms with Crippen molar-refractivity contribution in [3.8, 4) is 0 Å². The van der Waals surface area contributed by atoms with E-state index in [1.807, 2.05) is 11.3 Å². The summed E-state index contributed by atoms with van der Waals surface area (Å²) < 4.78 is 5.49. The smallest absolute Gasteiger partial charge is 0.226 e. The van der Waals surface area contributed by atoms with Crippen molar-refractivity contribution in [2.75, 3.05) is 39.4 Å². The fourth-order valence-electron chi connectivity index (χ4n) is 4.43. The summed E-state index contributed by atoms with van der Waals surface area (Å²) in [6.45, 7) is 9.99. The van der Waals surface area contributed by atoms with Crippen LogP contribution in [0.2, 0.25) is 0 Å². The van der Waals surface area contributed by atoms with Crippen LogP contribution >= 0.6 is 11.3 Å². The van der Waals surface area contributed by atoms with Crippen molar-refractivity contribution in [1.82, 2.24) is 9.80 Å². The number of thiophene rings is 1. The minimum Gasteiger partial charge on any atom is -0.379 e. The second-order valence-electron chi connectivity index (χ2n) is 7.52. The Hall–Kier alpha value is -0.910. The average molecular weight is 349 g/mol. The summed E-state index contributed by atoms with van der Waals surface area (Å²) in [5, 5.41) is 0. The SMILES string of the molecule is CC[C@@H]1CN(C(=O)[C@@H]2C[C@@H]2c2ccc(C)s2)C[C@@H]1N1CCOCC1. The number of rotatable bonds is 4. The molecule has 24 heavy (non-hydrogen) atoms. The monoisotopic (exact) mass is 348 g/mol. The molecule has 4 nitrogen and oxygen atoms in total. The molecule has 3 fully saturated rings. The first kappa shape index (κ1) is 16.6. The van der Waals surface area contributed by atoms with Gasteiger partial charge in [-0.3, -0.25) is 9.69 Å². The molecule has 4 atom stereocenters. The van der Waals surface area contributed by atoms with Crippen molar-refractivity contribution in [3.05, 3.63) is 21.9 Å². The lowest BCUT2D eigenvalue weighted by atomic mass is 9.99. The molecule has 1 amide bonds. The summed E-state index contributed by atoms with van der Waals surface area (Å²) in [5.41, 5.74) is 0. The molecule has 0 N–H and O–H groups in total. The van der Waals surface area contributed by atoms with Gasteiger partial charge in [0.25, 0.3) is 0 Å². The van der Waals surface area contributed by atoms with Crippen molar-refractivity contribution in [2.45, 2.75) is 38.6 Å². The fraction of sp³-hybridized carbons (Fsp3) is 0.737. The van der Waals surface area contributed by atoms with Gasteiger partial charge in [0.2, 0.25) is 5.91 Å². The van der Waals surface area contributed by atoms with Gasteiger partial charge in [-0.2, -0.15) is 0 Å². The van der Waals surface area contributed by atoms with E-state index in [9.17, 15) is 4.79 Å². The summed E-state index contributed by atoms with van der Waals surface area (Å²) in [6.07, 6.45) is 2.21. The predicted molar refractivity (Wildman–Crippen MR) is 96.4 cm³/mol. The fourth-order valence-corrected chi connectivity index (χ4v) is 5.48. The number of ether oxygens (including phenoxy) is 1. The Morgan fingerprint density at radius 2 is 2.08 bits per heavy atom. The Labute approximate surface area is 148 Å². The maximum Gasteiger partial charge on any atom is 0.226 e. The van der Waals surface area contributed by atoms with Crippen molar-refractivity contribution in [1.29, 1.82) is 0 Å². The highest BCUT2D eigenvalue weighted by atomic mass is 32.1. The molecule has 0 aromatic carbocycles. The molecule has 132 valence electrons. The molecule has 1 aromatic heterocycles. The van der Waals surface area contributed by atoms with E-state index < -0.39 is 0 Å². The number of nitrogens with zero attached hydrogens (tertiary/aromatic N) is 2. The molecule has 1 saturated carbocycles. The molecular formula is C19H28N2O2S. The quantitative estimate of drug-likeness (QED) is 0.839. The number of carbonyl (C=O) groups excluding carboxylic acids is 1. The zero-order chi connectivity index (χ0) is 16.7. The van der Waals surface area contributed by atoms with Gasteiger partial charge >= 0.3 is 0 Å². The molecule has 2 saturated heterocycles. The largest absolute Gasteiger partial charge is 0.379 e. The number of likely N-dealkylation sites (tertiary alicyclic amines) is 1. The highest BCUT2D eigenvalue weighted by Gasteiger charge is 2.49. The second-order valence-corrected chi connectivity index (χ2v) is 8.84. The first-order chi connectivity index (χ1) is 11.7. The Bertz CT molecular complexity index is 596. The molecule has 1 aliphatic carbocycles. The number of amides is 1. The van der Waals surface area contributed by atoms with E-state index in [-0.39, 0.29) is 5.92 Å². The van der Waals surface area contributed by atoms with E-state index in [0.29, 0.717) is 23.8 Å². The lowest BCUT2D eigenvalue weighted by Crippen LogP contribution is -2.47. The number of morpholine rings is 1. The summed E-state index contributed by atoms with van der Waals surface area (Å²) in [5.74, 6) is 1.75. The van der Waals surface area contributed by atoms with E-state index in [2.05, 4.69) is 35.8 Å². The van der Waals surface area contributed by atoms with Crippen LogP contribution in [-0.4, -0.2) is 61.1 Å². The van der Waals surface area contributed by atoms with Crippen LogP contribution in [0.4, 0.5) is 0 Å². The summed E-state index contributed by atoms with van der Waals surface area (Å²) in [4.78, 5) is 20.4. The Balaban J connectivity index is 1.39. The van der Waals surface area contributed by atoms with Crippen LogP contribution in [0.15, 0.2) is 12.1 Å². The van der Waals surface area contributed by atoms with Gasteiger partial charge in [0.05, 0.1) is 13.2 Å². The van der Waals surface area contributed by atoms with Crippen LogP contribution in [-0.2, 0) is 9.53 Å². The Kier molecular flexibility index (Phi) is 4.67. The van der Waals surface area contributed by atoms with Gasteiger partial charge in [0, 0.05) is 53.8 Å². The average Bonchev–Trinajstić information content (AvgIpc) is 3.09. The van der Waals surface area contributed by atoms with Crippen molar-refractivity contribution >= 4 is 17.2 Å². The zero-order valence-electron chi connectivity index (χ0n) is 14.7. The Morgan fingerprint density at radius 3 is 2.75 bits per heavy atom. The Morgan fingerprint density at radius 1 is 1.29 bits per heavy atom. The maximum absolute atomic E-state index is 13.0. The normalized spacial score (nSPS) is 33.8. The zero-order valence-corrected chi connectivity index (χ0v) is 15.6. The highest BCUT2D eigenvalue weighted by Crippen LogP contribution is 2.51. The van der Waals surface area contributed by atoms with Crippen molar-refractivity contribution < 1.29 is 9.53 Å². The van der Waals surface area contributed by atoms with Gasteiger partial charge in [-0.15, -0.1) is 11.3 Å². The van der Waals surface area contributed by atoms with E-state index in [4.69, 9.17) is 4.74 Å². The van der Waals surface area contributed by atoms with Gasteiger partial charge in [0.1, 0.15) is 0 Å². The number of aryl methyl sites for hydroxylation is 1. The number of hydrogen-bond acceptors (Lipinski definition) is 4. The predicted octanol–water partition coefficient (Wildman–Crippen LogP) is 2.73. The van der Waals surface area contributed by atoms with Crippen LogP contribution in [0.5, 0.6) is 0 Å². The molecular weight excluding hydrogens is 320 g/mol. The minimum atomic E-state index is 0.240. The first-order valence-electron chi connectivity index (χ1n) is 9.34. The molecule has 0 unspecified atom stereocenters. The lowest BCUT2D eigenvalue weighted by Gasteiger charge is -2.34. The van der Waals surface area contributed by atoms with Gasteiger partial charge in [-0.1, -0.05) is 13.3 Å². The minimum absolute atomic E-state index is 0.240. The molecule has 3 aliphatic rings. The van der Waals surface area contributed by atoms with E-state index in [0.717, 1.165) is 52.2 Å². The lowest BCUT2D eigenvalue weighted by molar-refractivity contribution is -0.131. The number of hydrogen-bond donors (Lipinski definition) is 0. The topological polar surface area (TPSA) is 32.8 Å². The molecule has 1 aromatic rings. The molecule has 0 radical (unpaired) electrons. The highest BCUT2D eigenvalue weighted by molar-refractivity contribution is 7.12. The van der Waals surface area contributed by atoms with Gasteiger partial charge < -0.3 is 9.64 Å². The first-order valence-corrected chi connectivity index (χ1v) is 10.2. The van der Waals surface area contributed by atoms with Crippen molar-refractivity contribution in [3.63, 3.8) is 0 Å². The maximum atomic E-state index is 13.0. The molecule has 0 bridgehead atoms. The molecule has 2 aliphatic heterocycles. The van der Waals surface area contributed by atoms with Crippen molar-refractivity contribution in [2.24, 2.45) is 11.8 Å². The van der Waals surface area contributed by atoms with Crippen LogP contribution in [0, 0.1) is 18.8 Å². The number of carbonyl (C=O) groups is 1. The second kappa shape index (κ2) is 6.77. The summed E-state index contributed by atoms with van der Waals surface area (Å²) >= 11 is 1.86. The molecule has 3 heterocycles. The molecule has 5 heteroatoms. The van der Waals surface area contributed by atoms with E-state index in [1.165, 1.54) is 9.75 Å². The third kappa shape index (κ3) is 3.14. The van der Waals surface area contributed by atoms with E-state index >= 15 is 0 Å². The third-order valence-corrected chi connectivity index (χ3v) is 7.12. The van der Waals surface area contributed by atoms with Gasteiger partial charge in [-0.25, -0.2) is 0 Å². The van der Waals surface area contributed by atoms with Crippen LogP contribution < -0.4 is 0 Å². The van der Waals surface area contributed by atoms with Gasteiger partial charge in [0.15, 0.2) is 0 Å². The van der Waals surface area contributed by atoms with Gasteiger partial charge in [-0.05, 0) is 31.4 Å². The van der Waals surface area contributed by atoms with E-state index in [1.54, 1.807) is 0 Å². The van der Waals surface area contributed by atoms with Crippen LogP contribution in [0.1, 0.15) is 35.4 Å². The third-order valence-electron chi connectivity index (χ3n) is 5.99.